The van der Waals surface area contributed by atoms with Crippen LogP contribution in [0, 0.1) is 28.6 Å². The number of ether oxygens (including phenoxy) is 1. The maximum absolute atomic E-state index is 14.5. The van der Waals surface area contributed by atoms with Crippen LogP contribution in [0.25, 0.3) is 0 Å². The van der Waals surface area contributed by atoms with Gasteiger partial charge in [-0.05, 0) is 59.8 Å². The summed E-state index contributed by atoms with van der Waals surface area (Å²) in [4.78, 5) is 56.3. The van der Waals surface area contributed by atoms with Gasteiger partial charge in [0.1, 0.15) is 24.2 Å². The van der Waals surface area contributed by atoms with Crippen LogP contribution >= 0.6 is 0 Å². The summed E-state index contributed by atoms with van der Waals surface area (Å²) in [5.74, 6) is -1.90. The average molecular weight is 598 g/mol. The van der Waals surface area contributed by atoms with Gasteiger partial charge in [-0.25, -0.2) is 9.59 Å². The number of rotatable bonds is 8. The van der Waals surface area contributed by atoms with Gasteiger partial charge < -0.3 is 25.4 Å². The van der Waals surface area contributed by atoms with Crippen LogP contribution in [0.2, 0.25) is 0 Å². The molecule has 1 aromatic rings. The van der Waals surface area contributed by atoms with Crippen molar-refractivity contribution in [3.63, 3.8) is 0 Å². The number of likely N-dealkylation sites (tertiary alicyclic amines) is 1. The minimum Gasteiger partial charge on any atom is -0.479 e. The Morgan fingerprint density at radius 1 is 0.930 bits per heavy atom. The number of hydrogen-bond acceptors (Lipinski definition) is 5. The van der Waals surface area contributed by atoms with Crippen molar-refractivity contribution in [3.8, 4) is 0 Å². The summed E-state index contributed by atoms with van der Waals surface area (Å²) >= 11 is 0. The van der Waals surface area contributed by atoms with E-state index in [1.165, 1.54) is 0 Å². The largest absolute Gasteiger partial charge is 0.479 e. The summed E-state index contributed by atoms with van der Waals surface area (Å²) in [6.07, 6.45) is 6.50. The predicted molar refractivity (Wildman–Crippen MR) is 164 cm³/mol. The van der Waals surface area contributed by atoms with Crippen molar-refractivity contribution in [2.24, 2.45) is 28.6 Å². The third-order valence-electron chi connectivity index (χ3n) is 10.1. The van der Waals surface area contributed by atoms with Crippen molar-refractivity contribution >= 4 is 23.9 Å². The lowest BCUT2D eigenvalue weighted by Crippen LogP contribution is -2.68. The lowest BCUT2D eigenvalue weighted by atomic mass is 9.64. The van der Waals surface area contributed by atoms with Gasteiger partial charge in [-0.1, -0.05) is 97.6 Å². The molecule has 2 aliphatic carbocycles. The Labute approximate surface area is 256 Å². The third kappa shape index (κ3) is 6.70. The number of carboxylic acids is 1. The number of fused-ring (bicyclic) bond motifs is 1. The maximum Gasteiger partial charge on any atom is 0.408 e. The molecule has 238 valence electrons. The lowest BCUT2D eigenvalue weighted by molar-refractivity contribution is -0.170. The number of hydrogen-bond donors (Lipinski definition) is 3. The molecule has 3 N–H and O–H groups in total. The first-order valence-electron chi connectivity index (χ1n) is 16.0. The van der Waals surface area contributed by atoms with Crippen LogP contribution < -0.4 is 10.6 Å². The molecule has 0 bridgehead atoms. The highest BCUT2D eigenvalue weighted by atomic mass is 16.5. The molecule has 43 heavy (non-hydrogen) atoms. The van der Waals surface area contributed by atoms with Gasteiger partial charge in [0, 0.05) is 6.54 Å². The van der Waals surface area contributed by atoms with Crippen LogP contribution in [0.1, 0.15) is 98.5 Å². The molecule has 9 nitrogen and oxygen atoms in total. The molecule has 3 aliphatic rings. The van der Waals surface area contributed by atoms with E-state index in [0.717, 1.165) is 56.9 Å². The predicted octanol–water partition coefficient (Wildman–Crippen LogP) is 5.52. The number of carbonyl (C=O) groups is 4. The molecule has 3 amide bonds. The molecule has 9 heteroatoms. The van der Waals surface area contributed by atoms with Crippen LogP contribution in [-0.2, 0) is 25.7 Å². The molecule has 2 unspecified atom stereocenters. The minimum absolute atomic E-state index is 0.0795. The summed E-state index contributed by atoms with van der Waals surface area (Å²) < 4.78 is 5.46. The zero-order valence-corrected chi connectivity index (χ0v) is 26.8. The van der Waals surface area contributed by atoms with Crippen LogP contribution in [0.15, 0.2) is 30.3 Å². The van der Waals surface area contributed by atoms with E-state index in [4.69, 9.17) is 4.74 Å². The minimum atomic E-state index is -1.37. The van der Waals surface area contributed by atoms with E-state index in [2.05, 4.69) is 10.6 Å². The summed E-state index contributed by atoms with van der Waals surface area (Å²) in [6.45, 7) is 11.8. The highest BCUT2D eigenvalue weighted by Gasteiger charge is 2.67. The monoisotopic (exact) mass is 597 g/mol. The Morgan fingerprint density at radius 2 is 1.58 bits per heavy atom. The molecule has 5 atom stereocenters. The van der Waals surface area contributed by atoms with Crippen LogP contribution in [0.4, 0.5) is 4.79 Å². The number of carbonyl (C=O) groups excluding carboxylic acids is 3. The molecule has 4 rings (SSSR count). The summed E-state index contributed by atoms with van der Waals surface area (Å²) in [6, 6.07) is 7.49. The summed E-state index contributed by atoms with van der Waals surface area (Å²) in [5.41, 5.74) is -1.97. The first-order valence-corrected chi connectivity index (χ1v) is 16.0. The molecular weight excluding hydrogens is 546 g/mol. The number of amides is 3. The standard InChI is InChI=1S/C34H51N3O6/c1-32(2,3)27(29(39)37-20-24-18-13-19-25(24)34(37,30(40)41)33(4,5)6)36-28(38)26(23-16-11-8-12-17-23)35-31(42)43-21-22-14-9-7-10-15-22/h7,9-10,14-15,23-27H,8,11-13,16-21H2,1-6H3,(H,35,42)(H,36,38)(H,40,41)/t24-,25-,26?,27?,34+/m0/s1. The van der Waals surface area contributed by atoms with Gasteiger partial charge in [0.15, 0.2) is 0 Å². The lowest BCUT2D eigenvalue weighted by Gasteiger charge is -2.49. The van der Waals surface area contributed by atoms with Gasteiger partial charge in [-0.3, -0.25) is 9.59 Å². The van der Waals surface area contributed by atoms with Gasteiger partial charge >= 0.3 is 12.1 Å². The average Bonchev–Trinajstić information content (AvgIpc) is 3.54. The van der Waals surface area contributed by atoms with Crippen molar-refractivity contribution < 1.29 is 29.0 Å². The van der Waals surface area contributed by atoms with Gasteiger partial charge in [0.2, 0.25) is 11.8 Å². The second kappa shape index (κ2) is 12.9. The number of nitrogens with zero attached hydrogens (tertiary/aromatic N) is 1. The Morgan fingerprint density at radius 3 is 2.16 bits per heavy atom. The fraction of sp³-hybridized carbons (Fsp3) is 0.706. The Balaban J connectivity index is 1.59. The van der Waals surface area contributed by atoms with Crippen molar-refractivity contribution in [1.82, 2.24) is 15.5 Å². The van der Waals surface area contributed by atoms with E-state index in [9.17, 15) is 24.3 Å². The summed E-state index contributed by atoms with van der Waals surface area (Å²) in [7, 11) is 0. The van der Waals surface area contributed by atoms with Gasteiger partial charge in [0.05, 0.1) is 0 Å². The fourth-order valence-electron chi connectivity index (χ4n) is 8.00. The Hall–Kier alpha value is -3.10. The number of alkyl carbamates (subject to hydrolysis) is 1. The van der Waals surface area contributed by atoms with Gasteiger partial charge in [-0.15, -0.1) is 0 Å². The number of nitrogens with one attached hydrogen (secondary N) is 2. The van der Waals surface area contributed by atoms with E-state index in [0.29, 0.717) is 6.54 Å². The van der Waals surface area contributed by atoms with E-state index in [-0.39, 0.29) is 30.3 Å². The highest BCUT2D eigenvalue weighted by Crippen LogP contribution is 2.56. The maximum atomic E-state index is 14.5. The van der Waals surface area contributed by atoms with Crippen molar-refractivity contribution in [2.45, 2.75) is 117 Å². The van der Waals surface area contributed by atoms with Crippen LogP contribution in [0.3, 0.4) is 0 Å². The number of aliphatic carboxylic acids is 1. The zero-order valence-electron chi connectivity index (χ0n) is 26.8. The molecular formula is C34H51N3O6. The van der Waals surface area contributed by atoms with Gasteiger partial charge in [-0.2, -0.15) is 0 Å². The van der Waals surface area contributed by atoms with Crippen molar-refractivity contribution in [3.05, 3.63) is 35.9 Å². The number of benzene rings is 1. The van der Waals surface area contributed by atoms with E-state index in [1.54, 1.807) is 4.90 Å². The second-order valence-corrected chi connectivity index (χ2v) is 15.0. The quantitative estimate of drug-likeness (QED) is 0.362. The molecule has 1 saturated heterocycles. The normalized spacial score (nSPS) is 25.9. The third-order valence-corrected chi connectivity index (χ3v) is 10.1. The SMILES string of the molecule is CC(C)(C)C(NC(=O)C(NC(=O)OCc1ccccc1)C1CCCCC1)C(=O)N1C[C@@H]2CCC[C@@H]2[C@@]1(C(=O)O)C(C)(C)C. The summed E-state index contributed by atoms with van der Waals surface area (Å²) in [5, 5.41) is 16.6. The number of carboxylic acid groups (broad SMARTS) is 1. The fourth-order valence-corrected chi connectivity index (χ4v) is 8.00. The first kappa shape index (κ1) is 32.8. The smallest absolute Gasteiger partial charge is 0.408 e. The second-order valence-electron chi connectivity index (χ2n) is 15.0. The molecule has 0 radical (unpaired) electrons. The van der Waals surface area contributed by atoms with E-state index in [1.807, 2.05) is 71.9 Å². The van der Waals surface area contributed by atoms with Gasteiger partial charge in [0.25, 0.3) is 0 Å². The molecule has 3 fully saturated rings. The van der Waals surface area contributed by atoms with Crippen molar-refractivity contribution in [1.29, 1.82) is 0 Å². The molecule has 1 aliphatic heterocycles. The molecule has 2 saturated carbocycles. The molecule has 1 heterocycles. The molecule has 0 aromatic heterocycles. The zero-order chi connectivity index (χ0) is 31.6. The van der Waals surface area contributed by atoms with E-state index >= 15 is 0 Å². The van der Waals surface area contributed by atoms with Crippen LogP contribution in [-0.4, -0.2) is 58.1 Å². The Bertz CT molecular complexity index is 1170. The molecule has 0 spiro atoms. The Kier molecular flexibility index (Phi) is 9.82. The topological polar surface area (TPSA) is 125 Å². The van der Waals surface area contributed by atoms with Crippen LogP contribution in [0.5, 0.6) is 0 Å². The molecule has 1 aromatic carbocycles. The van der Waals surface area contributed by atoms with Crippen molar-refractivity contribution in [2.75, 3.05) is 6.54 Å². The highest BCUT2D eigenvalue weighted by molar-refractivity contribution is 5.95. The van der Waals surface area contributed by atoms with E-state index < -0.39 is 46.4 Å². The first-order chi connectivity index (χ1) is 20.2.